The summed E-state index contributed by atoms with van der Waals surface area (Å²) in [5, 5.41) is 4.18. The van der Waals surface area contributed by atoms with Crippen molar-refractivity contribution in [2.75, 3.05) is 26.8 Å². The average Bonchev–Trinajstić information content (AvgIpc) is 2.61. The Bertz CT molecular complexity index is 409. The maximum atomic E-state index is 5.49. The van der Waals surface area contributed by atoms with E-state index in [0.29, 0.717) is 6.61 Å². The number of nitrogens with zero attached hydrogens (tertiary/aromatic N) is 1. The molecule has 1 aliphatic rings. The fourth-order valence-corrected chi connectivity index (χ4v) is 2.85. The zero-order valence-corrected chi connectivity index (χ0v) is 12.5. The molecule has 0 bridgehead atoms. The van der Waals surface area contributed by atoms with E-state index in [2.05, 4.69) is 41.4 Å². The first-order valence-corrected chi connectivity index (χ1v) is 7.22. The normalized spacial score (nSPS) is 16.4. The molecule has 0 radical (unpaired) electrons. The first kappa shape index (κ1) is 14.3. The topological polar surface area (TPSA) is 24.5 Å². The molecule has 1 unspecified atom stereocenters. The first-order valence-electron chi connectivity index (χ1n) is 6.82. The van der Waals surface area contributed by atoms with E-state index < -0.39 is 0 Å². The number of rotatable bonds is 3. The van der Waals surface area contributed by atoms with Crippen LogP contribution in [0.2, 0.25) is 0 Å². The number of ether oxygens (including phenoxy) is 1. The number of nitrogens with one attached hydrogen (secondary N) is 1. The van der Waals surface area contributed by atoms with Crippen LogP contribution < -0.4 is 5.32 Å². The number of thiocarbonyl (C=S) groups is 1. The van der Waals surface area contributed by atoms with Gasteiger partial charge in [-0.2, -0.15) is 0 Å². The molecule has 0 aromatic heterocycles. The zero-order valence-electron chi connectivity index (χ0n) is 11.7. The summed E-state index contributed by atoms with van der Waals surface area (Å²) in [6, 6.07) is 8.94. The minimum Gasteiger partial charge on any atom is -0.383 e. The molecule has 1 aromatic rings. The highest BCUT2D eigenvalue weighted by molar-refractivity contribution is 7.80. The largest absolute Gasteiger partial charge is 0.383 e. The first-order chi connectivity index (χ1) is 9.20. The summed E-state index contributed by atoms with van der Waals surface area (Å²) < 4.78 is 5.13. The second kappa shape index (κ2) is 6.87. The summed E-state index contributed by atoms with van der Waals surface area (Å²) in [5.41, 5.74) is 2.91. The fraction of sp³-hybridized carbons (Fsp3) is 0.533. The van der Waals surface area contributed by atoms with E-state index in [1.54, 1.807) is 7.11 Å². The molecule has 0 saturated carbocycles. The van der Waals surface area contributed by atoms with E-state index in [-0.39, 0.29) is 6.04 Å². The molecule has 4 heteroatoms. The Morgan fingerprint density at radius 2 is 1.89 bits per heavy atom. The van der Waals surface area contributed by atoms with Crippen molar-refractivity contribution in [3.63, 3.8) is 0 Å². The predicted molar refractivity (Wildman–Crippen MR) is 82.5 cm³/mol. The summed E-state index contributed by atoms with van der Waals surface area (Å²) in [6.07, 6.45) is 2.13. The Labute approximate surface area is 120 Å². The highest BCUT2D eigenvalue weighted by Gasteiger charge is 2.16. The Hall–Kier alpha value is -1.13. The standard InChI is InChI=1S/C15H22N2OS/c1-12(11-18-2)16-15(19)17-9-7-13-5-3-4-6-14(13)8-10-17/h3-6,12H,7-11H2,1-2H3,(H,16,19). The molecule has 3 nitrogen and oxygen atoms in total. The Morgan fingerprint density at radius 3 is 2.42 bits per heavy atom. The lowest BCUT2D eigenvalue weighted by Gasteiger charge is -2.26. The molecule has 1 aromatic carbocycles. The van der Waals surface area contributed by atoms with Gasteiger partial charge in [0.2, 0.25) is 0 Å². The van der Waals surface area contributed by atoms with Crippen LogP contribution in [0.4, 0.5) is 0 Å². The van der Waals surface area contributed by atoms with E-state index >= 15 is 0 Å². The van der Waals surface area contributed by atoms with Crippen molar-refractivity contribution < 1.29 is 4.74 Å². The lowest BCUT2D eigenvalue weighted by atomic mass is 10.0. The molecule has 0 amide bonds. The number of benzene rings is 1. The van der Waals surface area contributed by atoms with E-state index in [1.165, 1.54) is 11.1 Å². The summed E-state index contributed by atoms with van der Waals surface area (Å²) in [7, 11) is 1.71. The Kier molecular flexibility index (Phi) is 5.16. The number of fused-ring (bicyclic) bond motifs is 1. The van der Waals surface area contributed by atoms with Crippen LogP contribution in [0.25, 0.3) is 0 Å². The lowest BCUT2D eigenvalue weighted by molar-refractivity contribution is 0.178. The molecule has 0 saturated heterocycles. The number of hydrogen-bond donors (Lipinski definition) is 1. The van der Waals surface area contributed by atoms with Gasteiger partial charge >= 0.3 is 0 Å². The van der Waals surface area contributed by atoms with Crippen molar-refractivity contribution in [1.82, 2.24) is 10.2 Å². The van der Waals surface area contributed by atoms with Crippen molar-refractivity contribution in [3.8, 4) is 0 Å². The van der Waals surface area contributed by atoms with Gasteiger partial charge in [0.25, 0.3) is 0 Å². The molecule has 1 atom stereocenters. The van der Waals surface area contributed by atoms with Gasteiger partial charge in [0.15, 0.2) is 5.11 Å². The van der Waals surface area contributed by atoms with Gasteiger partial charge in [0, 0.05) is 26.2 Å². The molecule has 0 aliphatic carbocycles. The van der Waals surface area contributed by atoms with Crippen molar-refractivity contribution in [2.24, 2.45) is 0 Å². The van der Waals surface area contributed by atoms with E-state index in [9.17, 15) is 0 Å². The van der Waals surface area contributed by atoms with Crippen LogP contribution >= 0.6 is 12.2 Å². The molecule has 0 spiro atoms. The highest BCUT2D eigenvalue weighted by atomic mass is 32.1. The van der Waals surface area contributed by atoms with Crippen LogP contribution in [0.5, 0.6) is 0 Å². The highest BCUT2D eigenvalue weighted by Crippen LogP contribution is 2.15. The molecule has 1 aliphatic heterocycles. The molecular formula is C15H22N2OS. The molecule has 1 N–H and O–H groups in total. The number of methoxy groups -OCH3 is 1. The van der Waals surface area contributed by atoms with Gasteiger partial charge < -0.3 is 15.0 Å². The Morgan fingerprint density at radius 1 is 1.32 bits per heavy atom. The summed E-state index contributed by atoms with van der Waals surface area (Å²) in [4.78, 5) is 2.27. The van der Waals surface area contributed by atoms with Crippen molar-refractivity contribution in [3.05, 3.63) is 35.4 Å². The van der Waals surface area contributed by atoms with Gasteiger partial charge in [-0.05, 0) is 43.1 Å². The van der Waals surface area contributed by atoms with Crippen molar-refractivity contribution in [1.29, 1.82) is 0 Å². The van der Waals surface area contributed by atoms with Gasteiger partial charge in [-0.3, -0.25) is 0 Å². The fourth-order valence-electron chi connectivity index (χ4n) is 2.46. The Balaban J connectivity index is 1.92. The third-order valence-corrected chi connectivity index (χ3v) is 3.87. The molecule has 2 rings (SSSR count). The quantitative estimate of drug-likeness (QED) is 0.855. The van der Waals surface area contributed by atoms with Gasteiger partial charge in [0.1, 0.15) is 0 Å². The van der Waals surface area contributed by atoms with Crippen LogP contribution in [-0.2, 0) is 17.6 Å². The zero-order chi connectivity index (χ0) is 13.7. The van der Waals surface area contributed by atoms with Crippen molar-refractivity contribution >= 4 is 17.3 Å². The second-order valence-corrected chi connectivity index (χ2v) is 5.45. The molecule has 0 fully saturated rings. The van der Waals surface area contributed by atoms with Crippen LogP contribution in [0, 0.1) is 0 Å². The average molecular weight is 278 g/mol. The van der Waals surface area contributed by atoms with E-state index in [4.69, 9.17) is 17.0 Å². The summed E-state index contributed by atoms with van der Waals surface area (Å²) in [5.74, 6) is 0. The third-order valence-electron chi connectivity index (χ3n) is 3.49. The SMILES string of the molecule is COCC(C)NC(=S)N1CCc2ccccc2CC1. The second-order valence-electron chi connectivity index (χ2n) is 5.06. The smallest absolute Gasteiger partial charge is 0.169 e. The minimum atomic E-state index is 0.253. The van der Waals surface area contributed by atoms with E-state index in [1.807, 2.05) is 0 Å². The lowest BCUT2D eigenvalue weighted by Crippen LogP contribution is -2.46. The predicted octanol–water partition coefficient (Wildman–Crippen LogP) is 2.00. The van der Waals surface area contributed by atoms with Crippen molar-refractivity contribution in [2.45, 2.75) is 25.8 Å². The van der Waals surface area contributed by atoms with Crippen LogP contribution in [0.1, 0.15) is 18.1 Å². The van der Waals surface area contributed by atoms with Gasteiger partial charge in [-0.1, -0.05) is 24.3 Å². The van der Waals surface area contributed by atoms with Gasteiger partial charge in [0.05, 0.1) is 6.61 Å². The van der Waals surface area contributed by atoms with Crippen LogP contribution in [-0.4, -0.2) is 42.9 Å². The van der Waals surface area contributed by atoms with Crippen LogP contribution in [0.15, 0.2) is 24.3 Å². The molecule has 19 heavy (non-hydrogen) atoms. The monoisotopic (exact) mass is 278 g/mol. The number of hydrogen-bond acceptors (Lipinski definition) is 2. The van der Waals surface area contributed by atoms with E-state index in [0.717, 1.165) is 31.0 Å². The van der Waals surface area contributed by atoms with Crippen LogP contribution in [0.3, 0.4) is 0 Å². The van der Waals surface area contributed by atoms with Gasteiger partial charge in [-0.25, -0.2) is 0 Å². The molecule has 104 valence electrons. The van der Waals surface area contributed by atoms with Gasteiger partial charge in [-0.15, -0.1) is 0 Å². The minimum absolute atomic E-state index is 0.253. The molecular weight excluding hydrogens is 256 g/mol. The summed E-state index contributed by atoms with van der Waals surface area (Å²) >= 11 is 5.49. The molecule has 1 heterocycles. The summed E-state index contributed by atoms with van der Waals surface area (Å²) in [6.45, 7) is 4.74. The maximum Gasteiger partial charge on any atom is 0.169 e. The third kappa shape index (κ3) is 3.91. The maximum absolute atomic E-state index is 5.49.